The van der Waals surface area contributed by atoms with Gasteiger partial charge in [-0.2, -0.15) is 0 Å². The van der Waals surface area contributed by atoms with Crippen LogP contribution in [0.25, 0.3) is 0 Å². The van der Waals surface area contributed by atoms with Crippen LogP contribution < -0.4 is 0 Å². The summed E-state index contributed by atoms with van der Waals surface area (Å²) in [5, 5.41) is 0. The second-order valence-corrected chi connectivity index (χ2v) is 7.33. The van der Waals surface area contributed by atoms with E-state index in [4.69, 9.17) is 4.74 Å². The molecule has 1 fully saturated rings. The van der Waals surface area contributed by atoms with Crippen molar-refractivity contribution >= 4 is 11.9 Å². The number of carbonyl (C=O) groups is 2. The molecule has 0 saturated carbocycles. The smallest absolute Gasteiger partial charge is 0.409 e. The molecule has 5 nitrogen and oxygen atoms in total. The molecule has 1 aliphatic rings. The number of amides is 1. The fourth-order valence-corrected chi connectivity index (χ4v) is 3.33. The summed E-state index contributed by atoms with van der Waals surface area (Å²) in [6.07, 6.45) is 0.538. The van der Waals surface area contributed by atoms with Crippen LogP contribution in [0.4, 0.5) is 4.79 Å². The van der Waals surface area contributed by atoms with Gasteiger partial charge < -0.3 is 9.64 Å². The van der Waals surface area contributed by atoms with Crippen LogP contribution >= 0.6 is 0 Å². The minimum atomic E-state index is -0.321. The van der Waals surface area contributed by atoms with Crippen molar-refractivity contribution in [2.24, 2.45) is 0 Å². The van der Waals surface area contributed by atoms with Crippen molar-refractivity contribution in [2.75, 3.05) is 19.7 Å². The predicted octanol–water partition coefficient (Wildman–Crippen LogP) is 3.88. The van der Waals surface area contributed by atoms with Crippen LogP contribution in [-0.4, -0.2) is 47.4 Å². The Morgan fingerprint density at radius 2 is 1.46 bits per heavy atom. The highest BCUT2D eigenvalue weighted by Crippen LogP contribution is 2.15. The summed E-state index contributed by atoms with van der Waals surface area (Å²) in [6, 6.07) is 20.7. The van der Waals surface area contributed by atoms with Gasteiger partial charge in [-0.1, -0.05) is 60.7 Å². The lowest BCUT2D eigenvalue weighted by Crippen LogP contribution is -2.41. The number of Topliss-reactive ketones (excluding diaryl/α,β-unsaturated/α-hetero) is 1. The number of rotatable bonds is 7. The number of nitrogens with zero attached hydrogens (tertiary/aromatic N) is 2. The third kappa shape index (κ3) is 5.92. The lowest BCUT2D eigenvalue weighted by Gasteiger charge is -2.30. The van der Waals surface area contributed by atoms with Gasteiger partial charge in [0.15, 0.2) is 0 Å². The normalized spacial score (nSPS) is 15.5. The Balaban J connectivity index is 1.59. The molecular weight excluding hydrogens is 352 g/mol. The van der Waals surface area contributed by atoms with E-state index in [-0.39, 0.29) is 17.9 Å². The van der Waals surface area contributed by atoms with Crippen LogP contribution in [0.1, 0.15) is 30.9 Å². The largest absolute Gasteiger partial charge is 0.448 e. The molecule has 1 heterocycles. The van der Waals surface area contributed by atoms with Gasteiger partial charge in [0, 0.05) is 45.1 Å². The summed E-state index contributed by atoms with van der Waals surface area (Å²) in [4.78, 5) is 27.6. The monoisotopic (exact) mass is 380 g/mol. The van der Waals surface area contributed by atoms with Crippen LogP contribution in [0.3, 0.4) is 0 Å². The molecule has 0 spiro atoms. The van der Waals surface area contributed by atoms with Gasteiger partial charge in [0.05, 0.1) is 0 Å². The molecule has 1 atom stereocenters. The number of benzene rings is 2. The number of likely N-dealkylation sites (tertiary alicyclic amines) is 1. The van der Waals surface area contributed by atoms with Crippen LogP contribution in [0.5, 0.6) is 0 Å². The maximum Gasteiger partial charge on any atom is 0.409 e. The van der Waals surface area contributed by atoms with E-state index in [1.807, 2.05) is 36.4 Å². The highest BCUT2D eigenvalue weighted by atomic mass is 16.6. The van der Waals surface area contributed by atoms with E-state index in [0.29, 0.717) is 32.5 Å². The summed E-state index contributed by atoms with van der Waals surface area (Å²) in [5.74, 6) is 0.217. The van der Waals surface area contributed by atoms with E-state index in [1.54, 1.807) is 4.90 Å². The average molecular weight is 380 g/mol. The third-order valence-electron chi connectivity index (χ3n) is 5.11. The van der Waals surface area contributed by atoms with Crippen molar-refractivity contribution in [2.45, 2.75) is 38.9 Å². The van der Waals surface area contributed by atoms with Gasteiger partial charge in [0.25, 0.3) is 0 Å². The lowest BCUT2D eigenvalue weighted by molar-refractivity contribution is -0.121. The zero-order valence-electron chi connectivity index (χ0n) is 16.4. The SMILES string of the molecule is C[C@@H](COC(=O)N1CCC(=O)CC1)N(Cc1ccccc1)Cc1ccccc1. The molecule has 1 amide bonds. The Kier molecular flexibility index (Phi) is 7.20. The van der Waals surface area contributed by atoms with Crippen molar-refractivity contribution < 1.29 is 14.3 Å². The topological polar surface area (TPSA) is 49.9 Å². The Morgan fingerprint density at radius 3 is 1.96 bits per heavy atom. The summed E-state index contributed by atoms with van der Waals surface area (Å²) in [6.45, 7) is 4.90. The number of hydrogen-bond donors (Lipinski definition) is 0. The molecule has 2 aromatic carbocycles. The molecule has 0 radical (unpaired) electrons. The van der Waals surface area contributed by atoms with Crippen molar-refractivity contribution in [1.82, 2.24) is 9.80 Å². The van der Waals surface area contributed by atoms with E-state index in [9.17, 15) is 9.59 Å². The number of piperidine rings is 1. The fourth-order valence-electron chi connectivity index (χ4n) is 3.33. The second kappa shape index (κ2) is 10.0. The molecule has 1 saturated heterocycles. The zero-order chi connectivity index (χ0) is 19.8. The Bertz CT molecular complexity index is 712. The second-order valence-electron chi connectivity index (χ2n) is 7.33. The fraction of sp³-hybridized carbons (Fsp3) is 0.391. The molecule has 0 unspecified atom stereocenters. The summed E-state index contributed by atoms with van der Waals surface area (Å²) in [7, 11) is 0. The maximum atomic E-state index is 12.3. The lowest BCUT2D eigenvalue weighted by atomic mass is 10.1. The molecule has 3 rings (SSSR count). The quantitative estimate of drug-likeness (QED) is 0.731. The molecule has 0 aliphatic carbocycles. The first-order valence-corrected chi connectivity index (χ1v) is 9.87. The van der Waals surface area contributed by atoms with E-state index in [2.05, 4.69) is 36.1 Å². The van der Waals surface area contributed by atoms with E-state index < -0.39 is 0 Å². The highest BCUT2D eigenvalue weighted by Gasteiger charge is 2.23. The minimum absolute atomic E-state index is 0.0655. The van der Waals surface area contributed by atoms with E-state index in [1.165, 1.54) is 11.1 Å². The van der Waals surface area contributed by atoms with Gasteiger partial charge in [0.2, 0.25) is 0 Å². The van der Waals surface area contributed by atoms with Crippen molar-refractivity contribution in [1.29, 1.82) is 0 Å². The minimum Gasteiger partial charge on any atom is -0.448 e. The Hall–Kier alpha value is -2.66. The molecule has 2 aromatic rings. The molecule has 0 N–H and O–H groups in total. The first-order valence-electron chi connectivity index (χ1n) is 9.87. The Labute approximate surface area is 166 Å². The van der Waals surface area contributed by atoms with Gasteiger partial charge in [-0.3, -0.25) is 9.69 Å². The maximum absolute atomic E-state index is 12.3. The van der Waals surface area contributed by atoms with Crippen molar-refractivity contribution in [3.8, 4) is 0 Å². The van der Waals surface area contributed by atoms with Crippen LogP contribution in [0, 0.1) is 0 Å². The van der Waals surface area contributed by atoms with Gasteiger partial charge in [-0.15, -0.1) is 0 Å². The van der Waals surface area contributed by atoms with Crippen LogP contribution in [0.2, 0.25) is 0 Å². The van der Waals surface area contributed by atoms with Gasteiger partial charge in [0.1, 0.15) is 12.4 Å². The summed E-state index contributed by atoms with van der Waals surface area (Å²) >= 11 is 0. The Morgan fingerprint density at radius 1 is 0.964 bits per heavy atom. The standard InChI is InChI=1S/C23H28N2O3/c1-19(18-28-23(27)24-14-12-22(26)13-15-24)25(16-20-8-4-2-5-9-20)17-21-10-6-3-7-11-21/h2-11,19H,12-18H2,1H3/t19-/m0/s1. The molecule has 1 aliphatic heterocycles. The molecule has 5 heteroatoms. The van der Waals surface area contributed by atoms with Gasteiger partial charge in [-0.25, -0.2) is 4.79 Å². The van der Waals surface area contributed by atoms with Gasteiger partial charge >= 0.3 is 6.09 Å². The number of hydrogen-bond acceptors (Lipinski definition) is 4. The first-order chi connectivity index (χ1) is 13.6. The number of ketones is 1. The number of carbonyl (C=O) groups excluding carboxylic acids is 2. The average Bonchev–Trinajstić information content (AvgIpc) is 2.73. The first kappa shape index (κ1) is 20.1. The molecular formula is C23H28N2O3. The van der Waals surface area contributed by atoms with Crippen LogP contribution in [0.15, 0.2) is 60.7 Å². The molecule has 148 valence electrons. The van der Waals surface area contributed by atoms with E-state index >= 15 is 0 Å². The van der Waals surface area contributed by atoms with E-state index in [0.717, 1.165) is 13.1 Å². The zero-order valence-corrected chi connectivity index (χ0v) is 16.4. The summed E-state index contributed by atoms with van der Waals surface area (Å²) < 4.78 is 5.57. The number of ether oxygens (including phenoxy) is 1. The van der Waals surface area contributed by atoms with Crippen molar-refractivity contribution in [3.05, 3.63) is 71.8 Å². The predicted molar refractivity (Wildman–Crippen MR) is 109 cm³/mol. The van der Waals surface area contributed by atoms with Crippen LogP contribution in [-0.2, 0) is 22.6 Å². The van der Waals surface area contributed by atoms with Crippen molar-refractivity contribution in [3.63, 3.8) is 0 Å². The van der Waals surface area contributed by atoms with Gasteiger partial charge in [-0.05, 0) is 18.1 Å². The molecule has 0 aromatic heterocycles. The summed E-state index contributed by atoms with van der Waals surface area (Å²) in [5.41, 5.74) is 2.46. The molecule has 28 heavy (non-hydrogen) atoms. The highest BCUT2D eigenvalue weighted by molar-refractivity contribution is 5.81. The molecule has 0 bridgehead atoms. The third-order valence-corrected chi connectivity index (χ3v) is 5.11.